The quantitative estimate of drug-likeness (QED) is 0.613. The Balaban J connectivity index is 2.32. The van der Waals surface area contributed by atoms with E-state index in [2.05, 4.69) is 10.5 Å². The van der Waals surface area contributed by atoms with Crippen LogP contribution in [0.3, 0.4) is 0 Å². The summed E-state index contributed by atoms with van der Waals surface area (Å²) in [7, 11) is 0. The fourth-order valence-corrected chi connectivity index (χ4v) is 2.56. The first-order valence-electron chi connectivity index (χ1n) is 6.32. The molecule has 1 rings (SSSR count). The molecule has 0 unspecified atom stereocenters. The van der Waals surface area contributed by atoms with Crippen LogP contribution in [-0.2, 0) is 10.5 Å². The lowest BCUT2D eigenvalue weighted by Gasteiger charge is -2.04. The second-order valence-electron chi connectivity index (χ2n) is 4.00. The van der Waals surface area contributed by atoms with Crippen LogP contribution in [0.2, 0.25) is 5.02 Å². The summed E-state index contributed by atoms with van der Waals surface area (Å²) in [5.74, 6) is 1.04. The Morgan fingerprint density at radius 1 is 1.32 bits per heavy atom. The third-order valence-electron chi connectivity index (χ3n) is 2.60. The predicted octanol–water partition coefficient (Wildman–Crippen LogP) is 3.87. The molecule has 0 saturated carbocycles. The number of hydrogen-bond donors (Lipinski definition) is 1. The van der Waals surface area contributed by atoms with Gasteiger partial charge in [-0.15, -0.1) is 11.8 Å². The van der Waals surface area contributed by atoms with Crippen molar-refractivity contribution >= 4 is 35.0 Å². The van der Waals surface area contributed by atoms with E-state index in [1.165, 1.54) is 11.8 Å². The smallest absolute Gasteiger partial charge is 0.250 e. The van der Waals surface area contributed by atoms with E-state index in [1.807, 2.05) is 38.1 Å². The SMILES string of the molecule is CCC(CC)=NNC(=O)CSCc1ccccc1Cl. The van der Waals surface area contributed by atoms with Gasteiger partial charge in [-0.05, 0) is 24.5 Å². The van der Waals surface area contributed by atoms with E-state index in [-0.39, 0.29) is 5.91 Å². The van der Waals surface area contributed by atoms with Crippen LogP contribution in [0.15, 0.2) is 29.4 Å². The standard InChI is InChI=1S/C14H19ClN2OS/c1-3-12(4-2)16-17-14(18)10-19-9-11-7-5-6-8-13(11)15/h5-8H,3-4,9-10H2,1-2H3,(H,17,18). The first-order valence-corrected chi connectivity index (χ1v) is 7.86. The minimum atomic E-state index is -0.0727. The number of carbonyl (C=O) groups excluding carboxylic acids is 1. The first-order chi connectivity index (χ1) is 9.17. The van der Waals surface area contributed by atoms with E-state index in [0.717, 1.165) is 34.9 Å². The topological polar surface area (TPSA) is 41.5 Å². The van der Waals surface area contributed by atoms with Crippen molar-refractivity contribution in [3.05, 3.63) is 34.9 Å². The number of hydrogen-bond acceptors (Lipinski definition) is 3. The highest BCUT2D eigenvalue weighted by Gasteiger charge is 2.03. The molecule has 1 aromatic rings. The van der Waals surface area contributed by atoms with E-state index in [9.17, 15) is 4.79 Å². The van der Waals surface area contributed by atoms with E-state index < -0.39 is 0 Å². The molecule has 0 bridgehead atoms. The molecule has 0 heterocycles. The summed E-state index contributed by atoms with van der Waals surface area (Å²) < 4.78 is 0. The fourth-order valence-electron chi connectivity index (χ4n) is 1.45. The molecule has 0 saturated heterocycles. The van der Waals surface area contributed by atoms with Gasteiger partial charge in [0.05, 0.1) is 5.75 Å². The van der Waals surface area contributed by atoms with Crippen LogP contribution < -0.4 is 5.43 Å². The molecule has 5 heteroatoms. The number of amides is 1. The Kier molecular flexibility index (Phi) is 7.60. The number of benzene rings is 1. The first kappa shape index (κ1) is 16.1. The normalized spacial score (nSPS) is 10.1. The minimum absolute atomic E-state index is 0.0727. The van der Waals surface area contributed by atoms with Crippen molar-refractivity contribution in [2.45, 2.75) is 32.4 Å². The number of carbonyl (C=O) groups is 1. The number of hydrazone groups is 1. The van der Waals surface area contributed by atoms with Crippen molar-refractivity contribution in [2.75, 3.05) is 5.75 Å². The molecular formula is C14H19ClN2OS. The maximum absolute atomic E-state index is 11.6. The lowest BCUT2D eigenvalue weighted by atomic mass is 10.2. The van der Waals surface area contributed by atoms with Gasteiger partial charge in [-0.3, -0.25) is 4.79 Å². The molecule has 19 heavy (non-hydrogen) atoms. The Bertz CT molecular complexity index is 443. The zero-order valence-corrected chi connectivity index (χ0v) is 12.9. The molecule has 1 amide bonds. The zero-order valence-electron chi connectivity index (χ0n) is 11.3. The average molecular weight is 299 g/mol. The Morgan fingerprint density at radius 2 is 2.00 bits per heavy atom. The molecule has 0 aliphatic carbocycles. The molecule has 0 atom stereocenters. The van der Waals surface area contributed by atoms with E-state index >= 15 is 0 Å². The monoisotopic (exact) mass is 298 g/mol. The zero-order chi connectivity index (χ0) is 14.1. The van der Waals surface area contributed by atoms with Gasteiger partial charge < -0.3 is 0 Å². The summed E-state index contributed by atoms with van der Waals surface area (Å²) in [6.45, 7) is 4.06. The largest absolute Gasteiger partial charge is 0.272 e. The Morgan fingerprint density at radius 3 is 2.63 bits per heavy atom. The third kappa shape index (κ3) is 6.12. The lowest BCUT2D eigenvalue weighted by molar-refractivity contribution is -0.118. The molecule has 0 spiro atoms. The van der Waals surface area contributed by atoms with Crippen molar-refractivity contribution in [1.29, 1.82) is 0 Å². The van der Waals surface area contributed by atoms with Gasteiger partial charge in [-0.2, -0.15) is 5.10 Å². The van der Waals surface area contributed by atoms with Crippen molar-refractivity contribution in [3.63, 3.8) is 0 Å². The van der Waals surface area contributed by atoms with Crippen molar-refractivity contribution in [1.82, 2.24) is 5.43 Å². The van der Waals surface area contributed by atoms with Crippen LogP contribution in [-0.4, -0.2) is 17.4 Å². The van der Waals surface area contributed by atoms with Crippen molar-refractivity contribution in [2.24, 2.45) is 5.10 Å². The van der Waals surface area contributed by atoms with Crippen molar-refractivity contribution < 1.29 is 4.79 Å². The molecule has 0 aromatic heterocycles. The van der Waals surface area contributed by atoms with Gasteiger partial charge in [0, 0.05) is 16.5 Å². The number of rotatable bonds is 7. The van der Waals surface area contributed by atoms with Crippen LogP contribution >= 0.6 is 23.4 Å². The third-order valence-corrected chi connectivity index (χ3v) is 3.95. The Hall–Kier alpha value is -1.00. The summed E-state index contributed by atoms with van der Waals surface area (Å²) in [4.78, 5) is 11.6. The van der Waals surface area contributed by atoms with Gasteiger partial charge in [0.2, 0.25) is 5.91 Å². The van der Waals surface area contributed by atoms with Crippen molar-refractivity contribution in [3.8, 4) is 0 Å². The highest BCUT2D eigenvalue weighted by molar-refractivity contribution is 7.99. The predicted molar refractivity (Wildman–Crippen MR) is 83.8 cm³/mol. The number of nitrogens with one attached hydrogen (secondary N) is 1. The average Bonchev–Trinajstić information content (AvgIpc) is 2.42. The maximum atomic E-state index is 11.6. The summed E-state index contributed by atoms with van der Waals surface area (Å²) in [6.07, 6.45) is 1.73. The summed E-state index contributed by atoms with van der Waals surface area (Å²) in [5, 5.41) is 4.82. The van der Waals surface area contributed by atoms with Gasteiger partial charge in [-0.1, -0.05) is 43.6 Å². The lowest BCUT2D eigenvalue weighted by Crippen LogP contribution is -2.21. The molecular weight excluding hydrogens is 280 g/mol. The van der Waals surface area contributed by atoms with Gasteiger partial charge in [0.15, 0.2) is 0 Å². The molecule has 0 radical (unpaired) electrons. The van der Waals surface area contributed by atoms with Crippen LogP contribution in [0, 0.1) is 0 Å². The molecule has 0 fully saturated rings. The summed E-state index contributed by atoms with van der Waals surface area (Å²) >= 11 is 7.57. The maximum Gasteiger partial charge on any atom is 0.250 e. The number of nitrogens with zero attached hydrogens (tertiary/aromatic N) is 1. The van der Waals surface area contributed by atoms with E-state index in [4.69, 9.17) is 11.6 Å². The molecule has 104 valence electrons. The fraction of sp³-hybridized carbons (Fsp3) is 0.429. The molecule has 0 aliphatic heterocycles. The van der Waals surface area contributed by atoms with Gasteiger partial charge >= 0.3 is 0 Å². The van der Waals surface area contributed by atoms with Gasteiger partial charge in [-0.25, -0.2) is 5.43 Å². The summed E-state index contributed by atoms with van der Waals surface area (Å²) in [6, 6.07) is 7.67. The van der Waals surface area contributed by atoms with Crippen LogP contribution in [0.5, 0.6) is 0 Å². The van der Waals surface area contributed by atoms with Gasteiger partial charge in [0.1, 0.15) is 0 Å². The van der Waals surface area contributed by atoms with Crippen LogP contribution in [0.4, 0.5) is 0 Å². The number of thioether (sulfide) groups is 1. The Labute approximate surface area is 123 Å². The molecule has 1 aromatic carbocycles. The van der Waals surface area contributed by atoms with Gasteiger partial charge in [0.25, 0.3) is 0 Å². The van der Waals surface area contributed by atoms with Crippen LogP contribution in [0.1, 0.15) is 32.3 Å². The highest BCUT2D eigenvalue weighted by atomic mass is 35.5. The molecule has 3 nitrogen and oxygen atoms in total. The number of halogens is 1. The van der Waals surface area contributed by atoms with E-state index in [1.54, 1.807) is 0 Å². The van der Waals surface area contributed by atoms with E-state index in [0.29, 0.717) is 5.75 Å². The second-order valence-corrected chi connectivity index (χ2v) is 5.40. The van der Waals surface area contributed by atoms with Crippen LogP contribution in [0.25, 0.3) is 0 Å². The minimum Gasteiger partial charge on any atom is -0.272 e. The summed E-state index contributed by atoms with van der Waals surface area (Å²) in [5.41, 5.74) is 4.63. The molecule has 0 aliphatic rings. The molecule has 1 N–H and O–H groups in total. The second kappa shape index (κ2) is 8.99. The highest BCUT2D eigenvalue weighted by Crippen LogP contribution is 2.20.